The zero-order valence-electron chi connectivity index (χ0n) is 19.9. The third-order valence-electron chi connectivity index (χ3n) is 6.04. The molecule has 0 spiro atoms. The fourth-order valence-electron chi connectivity index (χ4n) is 3.74. The third kappa shape index (κ3) is 7.73. The molecule has 0 aromatic heterocycles. The average Bonchev–Trinajstić information content (AvgIpc) is 2.84. The van der Waals surface area contributed by atoms with Gasteiger partial charge in [-0.05, 0) is 63.2 Å². The zero-order chi connectivity index (χ0) is 24.6. The Hall–Kier alpha value is -2.59. The second-order valence-corrected chi connectivity index (χ2v) is 10.5. The minimum atomic E-state index is -3.70. The number of likely N-dealkylation sites (N-methyl/N-ethyl adjacent to an activating group) is 1. The number of rotatable bonds is 11. The smallest absolute Gasteiger partial charge is 0.251 e. The van der Waals surface area contributed by atoms with Crippen molar-refractivity contribution in [2.24, 2.45) is 0 Å². The van der Waals surface area contributed by atoms with Crippen LogP contribution in [-0.4, -0.2) is 76.2 Å². The molecule has 1 fully saturated rings. The summed E-state index contributed by atoms with van der Waals surface area (Å²) in [6.45, 7) is 7.68. The second kappa shape index (κ2) is 12.2. The number of nitrogens with one attached hydrogen (secondary N) is 2. The highest BCUT2D eigenvalue weighted by atomic mass is 32.2. The summed E-state index contributed by atoms with van der Waals surface area (Å²) in [6, 6.07) is 12.7. The van der Waals surface area contributed by atoms with Crippen LogP contribution in [0.1, 0.15) is 46.0 Å². The molecule has 184 valence electrons. The van der Waals surface area contributed by atoms with Crippen LogP contribution in [0.2, 0.25) is 0 Å². The molecule has 0 aliphatic carbocycles. The molecule has 34 heavy (non-hydrogen) atoms. The highest BCUT2D eigenvalue weighted by molar-refractivity contribution is 7.89. The van der Waals surface area contributed by atoms with Gasteiger partial charge < -0.3 is 15.1 Å². The largest absolute Gasteiger partial charge is 0.352 e. The van der Waals surface area contributed by atoms with Gasteiger partial charge in [0.15, 0.2) is 5.78 Å². The van der Waals surface area contributed by atoms with Gasteiger partial charge in [-0.2, -0.15) is 0 Å². The molecule has 8 nitrogen and oxygen atoms in total. The average molecular weight is 487 g/mol. The van der Waals surface area contributed by atoms with Crippen LogP contribution in [0.25, 0.3) is 0 Å². The molecular weight excluding hydrogens is 452 g/mol. The highest BCUT2D eigenvalue weighted by Crippen LogP contribution is 2.12. The number of hydrogen-bond donors (Lipinski definition) is 2. The standard InChI is InChI=1S/C25H34N4O4S/c1-20(30)22-9-11-24(12-10-22)34(32,33)27-19-21-5-7-23(8-6-21)25(31)26-13-3-4-14-29-17-15-28(2)16-18-29/h5-12,27H,3-4,13-19H2,1-2H3,(H,26,31). The van der Waals surface area contributed by atoms with Gasteiger partial charge in [-0.1, -0.05) is 24.3 Å². The molecule has 0 radical (unpaired) electrons. The Morgan fingerprint density at radius 1 is 0.882 bits per heavy atom. The van der Waals surface area contributed by atoms with E-state index in [0.29, 0.717) is 17.7 Å². The lowest BCUT2D eigenvalue weighted by atomic mass is 10.1. The maximum absolute atomic E-state index is 12.5. The first-order valence-corrected chi connectivity index (χ1v) is 13.1. The summed E-state index contributed by atoms with van der Waals surface area (Å²) in [5.74, 6) is -0.246. The van der Waals surface area contributed by atoms with Crippen LogP contribution >= 0.6 is 0 Å². The van der Waals surface area contributed by atoms with Crippen molar-refractivity contribution < 1.29 is 18.0 Å². The van der Waals surface area contributed by atoms with Gasteiger partial charge in [0, 0.05) is 50.4 Å². The summed E-state index contributed by atoms with van der Waals surface area (Å²) in [5, 5.41) is 2.95. The van der Waals surface area contributed by atoms with E-state index < -0.39 is 10.0 Å². The lowest BCUT2D eigenvalue weighted by molar-refractivity contribution is 0.0950. The second-order valence-electron chi connectivity index (χ2n) is 8.71. The van der Waals surface area contributed by atoms with Gasteiger partial charge >= 0.3 is 0 Å². The number of hydrogen-bond acceptors (Lipinski definition) is 6. The number of carbonyl (C=O) groups is 2. The van der Waals surface area contributed by atoms with Crippen LogP contribution in [0.15, 0.2) is 53.4 Å². The van der Waals surface area contributed by atoms with Crippen LogP contribution in [0, 0.1) is 0 Å². The summed E-state index contributed by atoms with van der Waals surface area (Å²) >= 11 is 0. The van der Waals surface area contributed by atoms with Crippen molar-refractivity contribution in [1.29, 1.82) is 0 Å². The first kappa shape index (κ1) is 26.0. The van der Waals surface area contributed by atoms with E-state index in [9.17, 15) is 18.0 Å². The van der Waals surface area contributed by atoms with Crippen molar-refractivity contribution in [2.75, 3.05) is 46.3 Å². The summed E-state index contributed by atoms with van der Waals surface area (Å²) in [5.41, 5.74) is 1.75. The van der Waals surface area contributed by atoms with Crippen molar-refractivity contribution in [3.63, 3.8) is 0 Å². The number of unbranched alkanes of at least 4 members (excludes halogenated alkanes) is 1. The number of nitrogens with zero attached hydrogens (tertiary/aromatic N) is 2. The number of ketones is 1. The quantitative estimate of drug-likeness (QED) is 0.373. The molecule has 3 rings (SSSR count). The fourth-order valence-corrected chi connectivity index (χ4v) is 4.76. The Balaban J connectivity index is 1.39. The molecule has 0 unspecified atom stereocenters. The summed E-state index contributed by atoms with van der Waals surface area (Å²) in [6.07, 6.45) is 1.99. The molecule has 2 aromatic rings. The first-order chi connectivity index (χ1) is 16.2. The molecule has 1 saturated heterocycles. The molecule has 0 bridgehead atoms. The molecule has 1 heterocycles. The SMILES string of the molecule is CC(=O)c1ccc(S(=O)(=O)NCc2ccc(C(=O)NCCCCN3CCN(C)CC3)cc2)cc1. The van der Waals surface area contributed by atoms with E-state index in [1.807, 2.05) is 0 Å². The molecular formula is C25H34N4O4S. The van der Waals surface area contributed by atoms with E-state index in [2.05, 4.69) is 26.9 Å². The molecule has 2 aromatic carbocycles. The van der Waals surface area contributed by atoms with Crippen LogP contribution in [0.5, 0.6) is 0 Å². The van der Waals surface area contributed by atoms with Crippen molar-refractivity contribution in [2.45, 2.75) is 31.2 Å². The van der Waals surface area contributed by atoms with Crippen LogP contribution in [-0.2, 0) is 16.6 Å². The summed E-state index contributed by atoms with van der Waals surface area (Å²) in [7, 11) is -1.55. The van der Waals surface area contributed by atoms with Gasteiger partial charge in [0.1, 0.15) is 0 Å². The molecule has 2 N–H and O–H groups in total. The van der Waals surface area contributed by atoms with Crippen molar-refractivity contribution in [3.05, 3.63) is 65.2 Å². The Labute approximate surface area is 202 Å². The summed E-state index contributed by atoms with van der Waals surface area (Å²) < 4.78 is 27.5. The predicted octanol–water partition coefficient (Wildman–Crippen LogP) is 2.13. The van der Waals surface area contributed by atoms with Gasteiger partial charge in [0.2, 0.25) is 10.0 Å². The van der Waals surface area contributed by atoms with E-state index in [-0.39, 0.29) is 23.1 Å². The number of benzene rings is 2. The molecule has 9 heteroatoms. The lowest BCUT2D eigenvalue weighted by Gasteiger charge is -2.32. The predicted molar refractivity (Wildman–Crippen MR) is 132 cm³/mol. The molecule has 0 saturated carbocycles. The summed E-state index contributed by atoms with van der Waals surface area (Å²) in [4.78, 5) is 28.6. The van der Waals surface area contributed by atoms with E-state index in [4.69, 9.17) is 0 Å². The van der Waals surface area contributed by atoms with E-state index in [0.717, 1.165) is 51.1 Å². The number of piperazine rings is 1. The highest BCUT2D eigenvalue weighted by Gasteiger charge is 2.15. The number of sulfonamides is 1. The number of carbonyl (C=O) groups excluding carboxylic acids is 2. The maximum Gasteiger partial charge on any atom is 0.251 e. The van der Waals surface area contributed by atoms with Crippen molar-refractivity contribution in [1.82, 2.24) is 19.8 Å². The van der Waals surface area contributed by atoms with E-state index in [1.54, 1.807) is 24.3 Å². The fraction of sp³-hybridized carbons (Fsp3) is 0.440. The van der Waals surface area contributed by atoms with Crippen LogP contribution in [0.4, 0.5) is 0 Å². The molecule has 1 amide bonds. The number of Topliss-reactive ketones (excluding diaryl/α,β-unsaturated/α-hetero) is 1. The lowest BCUT2D eigenvalue weighted by Crippen LogP contribution is -2.44. The van der Waals surface area contributed by atoms with E-state index >= 15 is 0 Å². The normalized spacial score (nSPS) is 15.2. The van der Waals surface area contributed by atoms with Gasteiger partial charge in [-0.3, -0.25) is 9.59 Å². The van der Waals surface area contributed by atoms with Crippen molar-refractivity contribution in [3.8, 4) is 0 Å². The van der Waals surface area contributed by atoms with E-state index in [1.165, 1.54) is 31.2 Å². The molecule has 0 atom stereocenters. The first-order valence-electron chi connectivity index (χ1n) is 11.6. The van der Waals surface area contributed by atoms with Crippen LogP contribution < -0.4 is 10.0 Å². The van der Waals surface area contributed by atoms with Crippen molar-refractivity contribution >= 4 is 21.7 Å². The topological polar surface area (TPSA) is 98.8 Å². The van der Waals surface area contributed by atoms with Gasteiger partial charge in [0.05, 0.1) is 4.90 Å². The molecule has 1 aliphatic rings. The monoisotopic (exact) mass is 486 g/mol. The third-order valence-corrected chi connectivity index (χ3v) is 7.45. The van der Waals surface area contributed by atoms with Crippen LogP contribution in [0.3, 0.4) is 0 Å². The van der Waals surface area contributed by atoms with Gasteiger partial charge in [-0.15, -0.1) is 0 Å². The minimum Gasteiger partial charge on any atom is -0.352 e. The Morgan fingerprint density at radius 3 is 2.12 bits per heavy atom. The van der Waals surface area contributed by atoms with Gasteiger partial charge in [-0.25, -0.2) is 13.1 Å². The minimum absolute atomic E-state index is 0.0983. The number of amides is 1. The maximum atomic E-state index is 12.5. The Bertz CT molecular complexity index is 1060. The Kier molecular flexibility index (Phi) is 9.35. The van der Waals surface area contributed by atoms with Gasteiger partial charge in [0.25, 0.3) is 5.91 Å². The zero-order valence-corrected chi connectivity index (χ0v) is 20.7. The Morgan fingerprint density at radius 2 is 1.50 bits per heavy atom. The molecule has 1 aliphatic heterocycles.